The van der Waals surface area contributed by atoms with E-state index in [0.717, 1.165) is 0 Å². The number of hydrogen-bond donors (Lipinski definition) is 2. The van der Waals surface area contributed by atoms with Gasteiger partial charge in [-0.1, -0.05) is 37.3 Å². The summed E-state index contributed by atoms with van der Waals surface area (Å²) in [5, 5.41) is 8.90. The minimum Gasteiger partial charge on any atom is -0.464 e. The number of carbonyl (C=O) groups is 1. The lowest BCUT2D eigenvalue weighted by Gasteiger charge is -2.19. The van der Waals surface area contributed by atoms with Gasteiger partial charge in [-0.15, -0.1) is 0 Å². The van der Waals surface area contributed by atoms with E-state index in [9.17, 15) is 13.2 Å². The first-order valence-electron chi connectivity index (χ1n) is 5.01. The van der Waals surface area contributed by atoms with Crippen LogP contribution < -0.4 is 4.72 Å². The molecule has 6 nitrogen and oxygen atoms in total. The average molecular weight is 258 g/mol. The van der Waals surface area contributed by atoms with Gasteiger partial charge in [0.05, 0.1) is 6.54 Å². The van der Waals surface area contributed by atoms with Crippen LogP contribution in [0.1, 0.15) is 12.5 Å². The van der Waals surface area contributed by atoms with Crippen molar-refractivity contribution in [1.82, 2.24) is 9.03 Å². The molecule has 1 aromatic rings. The lowest BCUT2D eigenvalue weighted by Crippen LogP contribution is -2.43. The molecule has 0 aliphatic rings. The number of carboxylic acid groups (broad SMARTS) is 1. The van der Waals surface area contributed by atoms with Gasteiger partial charge in [0.1, 0.15) is 0 Å². The van der Waals surface area contributed by atoms with Crippen LogP contribution in [0.15, 0.2) is 30.3 Å². The average Bonchev–Trinajstić information content (AvgIpc) is 2.26. The van der Waals surface area contributed by atoms with Gasteiger partial charge in [-0.3, -0.25) is 0 Å². The molecule has 0 bridgehead atoms. The Bertz CT molecular complexity index is 472. The van der Waals surface area contributed by atoms with E-state index in [1.54, 1.807) is 37.3 Å². The Kier molecular flexibility index (Phi) is 4.47. The molecular formula is C10H14N2O4S. The van der Waals surface area contributed by atoms with E-state index in [2.05, 4.69) is 4.72 Å². The van der Waals surface area contributed by atoms with Crippen molar-refractivity contribution >= 4 is 16.3 Å². The van der Waals surface area contributed by atoms with Crippen LogP contribution in [0.2, 0.25) is 0 Å². The van der Waals surface area contributed by atoms with Crippen molar-refractivity contribution < 1.29 is 18.3 Å². The van der Waals surface area contributed by atoms with E-state index in [4.69, 9.17) is 5.11 Å². The van der Waals surface area contributed by atoms with Crippen molar-refractivity contribution in [3.63, 3.8) is 0 Å². The van der Waals surface area contributed by atoms with Gasteiger partial charge in [0.2, 0.25) is 0 Å². The molecule has 0 radical (unpaired) electrons. The third-order valence-corrected chi connectivity index (χ3v) is 3.52. The van der Waals surface area contributed by atoms with Gasteiger partial charge in [-0.2, -0.15) is 17.4 Å². The van der Waals surface area contributed by atoms with Crippen LogP contribution in [0.5, 0.6) is 0 Å². The second-order valence-corrected chi connectivity index (χ2v) is 4.96. The fourth-order valence-electron chi connectivity index (χ4n) is 1.26. The zero-order chi connectivity index (χ0) is 12.9. The highest BCUT2D eigenvalue weighted by Crippen LogP contribution is 2.08. The van der Waals surface area contributed by atoms with Crippen LogP contribution in [0.3, 0.4) is 0 Å². The molecular weight excluding hydrogens is 244 g/mol. The summed E-state index contributed by atoms with van der Waals surface area (Å²) in [6.07, 6.45) is -1.50. The van der Waals surface area contributed by atoms with Gasteiger partial charge in [-0.05, 0) is 5.56 Å². The van der Waals surface area contributed by atoms with Crippen LogP contribution in [0, 0.1) is 0 Å². The summed E-state index contributed by atoms with van der Waals surface area (Å²) in [5.74, 6) is 0. The van der Waals surface area contributed by atoms with Gasteiger partial charge >= 0.3 is 16.3 Å². The first kappa shape index (κ1) is 13.5. The predicted octanol–water partition coefficient (Wildman–Crippen LogP) is 1.02. The molecule has 7 heteroatoms. The van der Waals surface area contributed by atoms with Crippen LogP contribution in [0.4, 0.5) is 4.79 Å². The minimum atomic E-state index is -3.99. The van der Waals surface area contributed by atoms with Crippen molar-refractivity contribution in [1.29, 1.82) is 0 Å². The van der Waals surface area contributed by atoms with E-state index in [0.29, 0.717) is 9.87 Å². The highest BCUT2D eigenvalue weighted by atomic mass is 32.2. The number of amides is 1. The van der Waals surface area contributed by atoms with E-state index in [-0.39, 0.29) is 13.1 Å². The molecule has 0 spiro atoms. The number of benzene rings is 1. The monoisotopic (exact) mass is 258 g/mol. The van der Waals surface area contributed by atoms with E-state index < -0.39 is 16.3 Å². The van der Waals surface area contributed by atoms with Crippen molar-refractivity contribution in [2.75, 3.05) is 6.54 Å². The van der Waals surface area contributed by atoms with Crippen LogP contribution in [-0.2, 0) is 16.8 Å². The summed E-state index contributed by atoms with van der Waals surface area (Å²) in [6.45, 7) is 1.52. The van der Waals surface area contributed by atoms with Crippen molar-refractivity contribution in [2.45, 2.75) is 13.5 Å². The summed E-state index contributed by atoms with van der Waals surface area (Å²) in [6, 6.07) is 8.53. The second-order valence-electron chi connectivity index (χ2n) is 3.28. The Balaban J connectivity index is 2.92. The summed E-state index contributed by atoms with van der Waals surface area (Å²) in [4.78, 5) is 10.9. The van der Waals surface area contributed by atoms with Gasteiger partial charge in [-0.25, -0.2) is 4.79 Å². The maximum atomic E-state index is 11.6. The normalized spacial score (nSPS) is 11.1. The predicted molar refractivity (Wildman–Crippen MR) is 62.6 cm³/mol. The molecule has 1 amide bonds. The lowest BCUT2D eigenvalue weighted by molar-refractivity contribution is 0.170. The molecule has 0 fully saturated rings. The molecule has 0 saturated carbocycles. The third-order valence-electron chi connectivity index (χ3n) is 2.00. The molecule has 0 atom stereocenters. The first-order valence-corrected chi connectivity index (χ1v) is 6.45. The largest absolute Gasteiger partial charge is 0.464 e. The summed E-state index contributed by atoms with van der Waals surface area (Å²) >= 11 is 0. The molecule has 1 aromatic carbocycles. The highest BCUT2D eigenvalue weighted by molar-refractivity contribution is 7.87. The number of rotatable bonds is 5. The summed E-state index contributed by atoms with van der Waals surface area (Å²) in [7, 11) is -3.99. The van der Waals surface area contributed by atoms with Gasteiger partial charge in [0.15, 0.2) is 0 Å². The van der Waals surface area contributed by atoms with Gasteiger partial charge in [0.25, 0.3) is 0 Å². The van der Waals surface area contributed by atoms with E-state index in [1.807, 2.05) is 0 Å². The molecule has 0 aromatic heterocycles. The lowest BCUT2D eigenvalue weighted by atomic mass is 10.2. The molecule has 0 aliphatic carbocycles. The number of hydrogen-bond acceptors (Lipinski definition) is 3. The second kappa shape index (κ2) is 5.65. The van der Waals surface area contributed by atoms with Crippen LogP contribution in [-0.4, -0.2) is 30.5 Å². The zero-order valence-corrected chi connectivity index (χ0v) is 10.1. The Morgan fingerprint density at radius 2 is 1.94 bits per heavy atom. The topological polar surface area (TPSA) is 86.7 Å². The first-order chi connectivity index (χ1) is 7.97. The minimum absolute atomic E-state index is 0.140. The maximum Gasteiger partial charge on any atom is 0.422 e. The quantitative estimate of drug-likeness (QED) is 0.825. The fraction of sp³-hybridized carbons (Fsp3) is 0.300. The van der Waals surface area contributed by atoms with E-state index >= 15 is 0 Å². The molecule has 1 rings (SSSR count). The van der Waals surface area contributed by atoms with Crippen molar-refractivity contribution in [3.8, 4) is 0 Å². The van der Waals surface area contributed by atoms with Gasteiger partial charge in [0, 0.05) is 6.54 Å². The fourth-order valence-corrected chi connectivity index (χ4v) is 2.31. The Hall–Kier alpha value is -1.60. The highest BCUT2D eigenvalue weighted by Gasteiger charge is 2.26. The molecule has 2 N–H and O–H groups in total. The number of nitrogens with zero attached hydrogens (tertiary/aromatic N) is 1. The Morgan fingerprint density at radius 1 is 1.35 bits per heavy atom. The Morgan fingerprint density at radius 3 is 2.41 bits per heavy atom. The molecule has 17 heavy (non-hydrogen) atoms. The third kappa shape index (κ3) is 3.72. The molecule has 0 aliphatic heterocycles. The zero-order valence-electron chi connectivity index (χ0n) is 9.33. The van der Waals surface area contributed by atoms with Crippen molar-refractivity contribution in [2.24, 2.45) is 0 Å². The standard InChI is InChI=1S/C10H14N2O4S/c1-2-11-17(15,16)12(10(13)14)8-9-6-4-3-5-7-9/h3-7,11H,2,8H2,1H3,(H,13,14). The van der Waals surface area contributed by atoms with E-state index in [1.165, 1.54) is 0 Å². The maximum absolute atomic E-state index is 11.6. The van der Waals surface area contributed by atoms with Crippen LogP contribution in [0.25, 0.3) is 0 Å². The molecule has 94 valence electrons. The smallest absolute Gasteiger partial charge is 0.422 e. The molecule has 0 unspecified atom stereocenters. The molecule has 0 heterocycles. The van der Waals surface area contributed by atoms with Gasteiger partial charge < -0.3 is 5.11 Å². The summed E-state index contributed by atoms with van der Waals surface area (Å²) < 4.78 is 25.7. The van der Waals surface area contributed by atoms with Crippen molar-refractivity contribution in [3.05, 3.63) is 35.9 Å². The van der Waals surface area contributed by atoms with Crippen LogP contribution >= 0.6 is 0 Å². The Labute approximate surface area is 100 Å². The number of nitrogens with one attached hydrogen (secondary N) is 1. The SMILES string of the molecule is CCNS(=O)(=O)N(Cc1ccccc1)C(=O)O. The molecule has 0 saturated heterocycles. The summed E-state index contributed by atoms with van der Waals surface area (Å²) in [5.41, 5.74) is 0.608.